The molecule has 4 heteroatoms. The van der Waals surface area contributed by atoms with Gasteiger partial charge in [0.05, 0.1) is 7.11 Å². The van der Waals surface area contributed by atoms with Crippen LogP contribution in [-0.2, 0) is 0 Å². The Morgan fingerprint density at radius 2 is 2.16 bits per heavy atom. The van der Waals surface area contributed by atoms with E-state index in [1.165, 1.54) is 25.7 Å². The molecule has 0 spiro atoms. The highest BCUT2D eigenvalue weighted by Crippen LogP contribution is 2.25. The van der Waals surface area contributed by atoms with E-state index in [0.717, 1.165) is 5.75 Å². The summed E-state index contributed by atoms with van der Waals surface area (Å²) >= 11 is 0. The van der Waals surface area contributed by atoms with E-state index in [1.54, 1.807) is 19.4 Å². The summed E-state index contributed by atoms with van der Waals surface area (Å²) in [5.41, 5.74) is 0.714. The standard InChI is InChI=1S/C15H20N2O2/c1-19-14-8-4-7-13(11-14)17-15(18)16-10-9-12-5-2-3-6-12/h4,7-12H,2-3,5-6H2,1H3,(H2,16,17,18)/b10-9+. The zero-order valence-corrected chi connectivity index (χ0v) is 11.2. The van der Waals surface area contributed by atoms with Crippen molar-refractivity contribution >= 4 is 11.7 Å². The Balaban J connectivity index is 1.79. The number of amides is 2. The minimum Gasteiger partial charge on any atom is -0.497 e. The van der Waals surface area contributed by atoms with Gasteiger partial charge in [0.1, 0.15) is 5.75 Å². The monoisotopic (exact) mass is 260 g/mol. The first-order valence-corrected chi connectivity index (χ1v) is 6.66. The van der Waals surface area contributed by atoms with Gasteiger partial charge in [-0.2, -0.15) is 0 Å². The molecule has 19 heavy (non-hydrogen) atoms. The van der Waals surface area contributed by atoms with Crippen molar-refractivity contribution in [3.05, 3.63) is 36.5 Å². The third-order valence-electron chi connectivity index (χ3n) is 3.31. The number of methoxy groups -OCH3 is 1. The lowest BCUT2D eigenvalue weighted by atomic mass is 10.1. The maximum atomic E-state index is 11.7. The van der Waals surface area contributed by atoms with Crippen LogP contribution in [-0.4, -0.2) is 13.1 Å². The Bertz CT molecular complexity index is 451. The van der Waals surface area contributed by atoms with E-state index < -0.39 is 0 Å². The van der Waals surface area contributed by atoms with Gasteiger partial charge in [-0.25, -0.2) is 4.79 Å². The normalized spacial score (nSPS) is 15.6. The molecule has 0 radical (unpaired) electrons. The van der Waals surface area contributed by atoms with Crippen molar-refractivity contribution in [2.24, 2.45) is 5.92 Å². The van der Waals surface area contributed by atoms with Gasteiger partial charge in [0.25, 0.3) is 0 Å². The number of hydrogen-bond acceptors (Lipinski definition) is 2. The van der Waals surface area contributed by atoms with Gasteiger partial charge in [0.15, 0.2) is 0 Å². The number of hydrogen-bond donors (Lipinski definition) is 2. The molecule has 102 valence electrons. The van der Waals surface area contributed by atoms with Crippen molar-refractivity contribution in [3.8, 4) is 5.75 Å². The van der Waals surface area contributed by atoms with Gasteiger partial charge < -0.3 is 15.4 Å². The summed E-state index contributed by atoms with van der Waals surface area (Å²) in [6, 6.07) is 7.04. The summed E-state index contributed by atoms with van der Waals surface area (Å²) < 4.78 is 5.10. The van der Waals surface area contributed by atoms with Gasteiger partial charge in [-0.3, -0.25) is 0 Å². The van der Waals surface area contributed by atoms with Gasteiger partial charge in [-0.1, -0.05) is 25.0 Å². The van der Waals surface area contributed by atoms with Crippen LogP contribution >= 0.6 is 0 Å². The predicted molar refractivity (Wildman–Crippen MR) is 76.2 cm³/mol. The van der Waals surface area contributed by atoms with E-state index in [9.17, 15) is 4.79 Å². The molecule has 2 amide bonds. The molecular formula is C15H20N2O2. The Labute approximate surface area is 113 Å². The van der Waals surface area contributed by atoms with E-state index >= 15 is 0 Å². The summed E-state index contributed by atoms with van der Waals surface area (Å²) in [6.07, 6.45) is 8.88. The Morgan fingerprint density at radius 1 is 1.37 bits per heavy atom. The van der Waals surface area contributed by atoms with Gasteiger partial charge in [-0.15, -0.1) is 0 Å². The van der Waals surface area contributed by atoms with Crippen molar-refractivity contribution in [1.82, 2.24) is 5.32 Å². The lowest BCUT2D eigenvalue weighted by Gasteiger charge is -2.07. The molecule has 1 aromatic carbocycles. The van der Waals surface area contributed by atoms with E-state index in [4.69, 9.17) is 4.74 Å². The molecule has 1 saturated carbocycles. The third-order valence-corrected chi connectivity index (χ3v) is 3.31. The fraction of sp³-hybridized carbons (Fsp3) is 0.400. The zero-order valence-electron chi connectivity index (χ0n) is 11.2. The third kappa shape index (κ3) is 4.32. The number of allylic oxidation sites excluding steroid dienone is 1. The molecule has 0 aromatic heterocycles. The minimum atomic E-state index is -0.234. The maximum Gasteiger partial charge on any atom is 0.323 e. The predicted octanol–water partition coefficient (Wildman–Crippen LogP) is 3.52. The van der Waals surface area contributed by atoms with Crippen LogP contribution in [0.4, 0.5) is 10.5 Å². The van der Waals surface area contributed by atoms with Crippen molar-refractivity contribution < 1.29 is 9.53 Å². The van der Waals surface area contributed by atoms with E-state index in [2.05, 4.69) is 16.7 Å². The molecule has 0 unspecified atom stereocenters. The number of ether oxygens (including phenoxy) is 1. The molecule has 0 aliphatic heterocycles. The molecule has 2 N–H and O–H groups in total. The second-order valence-corrected chi connectivity index (χ2v) is 4.73. The average molecular weight is 260 g/mol. The fourth-order valence-electron chi connectivity index (χ4n) is 2.28. The largest absolute Gasteiger partial charge is 0.497 e. The quantitative estimate of drug-likeness (QED) is 0.870. The van der Waals surface area contributed by atoms with Crippen molar-refractivity contribution in [1.29, 1.82) is 0 Å². The summed E-state index contributed by atoms with van der Waals surface area (Å²) in [6.45, 7) is 0. The molecule has 0 atom stereocenters. The molecule has 1 aliphatic carbocycles. The first-order valence-electron chi connectivity index (χ1n) is 6.66. The van der Waals surface area contributed by atoms with Crippen LogP contribution in [0.3, 0.4) is 0 Å². The highest BCUT2D eigenvalue weighted by molar-refractivity contribution is 5.90. The van der Waals surface area contributed by atoms with Crippen LogP contribution in [0, 0.1) is 5.92 Å². The minimum absolute atomic E-state index is 0.234. The van der Waals surface area contributed by atoms with Crippen LogP contribution < -0.4 is 15.4 Å². The van der Waals surface area contributed by atoms with Crippen molar-refractivity contribution in [2.45, 2.75) is 25.7 Å². The zero-order chi connectivity index (χ0) is 13.5. The average Bonchev–Trinajstić information content (AvgIpc) is 2.92. The number of carbonyl (C=O) groups excluding carboxylic acids is 1. The highest BCUT2D eigenvalue weighted by Gasteiger charge is 2.11. The lowest BCUT2D eigenvalue weighted by Crippen LogP contribution is -2.23. The molecule has 1 fully saturated rings. The lowest BCUT2D eigenvalue weighted by molar-refractivity contribution is 0.255. The summed E-state index contributed by atoms with van der Waals surface area (Å²) in [4.78, 5) is 11.7. The number of carbonyl (C=O) groups is 1. The topological polar surface area (TPSA) is 50.4 Å². The Hall–Kier alpha value is -1.97. The summed E-state index contributed by atoms with van der Waals surface area (Å²) in [5.74, 6) is 1.34. The van der Waals surface area contributed by atoms with Crippen LogP contribution in [0.15, 0.2) is 36.5 Å². The molecule has 2 rings (SSSR count). The van der Waals surface area contributed by atoms with Gasteiger partial charge in [0.2, 0.25) is 0 Å². The molecule has 1 aliphatic rings. The van der Waals surface area contributed by atoms with Crippen LogP contribution in [0.2, 0.25) is 0 Å². The molecular weight excluding hydrogens is 240 g/mol. The molecule has 0 heterocycles. The van der Waals surface area contributed by atoms with Gasteiger partial charge >= 0.3 is 6.03 Å². The van der Waals surface area contributed by atoms with Crippen molar-refractivity contribution in [3.63, 3.8) is 0 Å². The second kappa shape index (κ2) is 6.83. The Kier molecular flexibility index (Phi) is 4.84. The van der Waals surface area contributed by atoms with Gasteiger partial charge in [0, 0.05) is 18.0 Å². The highest BCUT2D eigenvalue weighted by atomic mass is 16.5. The van der Waals surface area contributed by atoms with Gasteiger partial charge in [-0.05, 0) is 30.9 Å². The maximum absolute atomic E-state index is 11.7. The van der Waals surface area contributed by atoms with E-state index in [1.807, 2.05) is 18.2 Å². The summed E-state index contributed by atoms with van der Waals surface area (Å²) in [5, 5.41) is 5.48. The smallest absolute Gasteiger partial charge is 0.323 e. The molecule has 0 bridgehead atoms. The van der Waals surface area contributed by atoms with E-state index in [0.29, 0.717) is 11.6 Å². The summed E-state index contributed by atoms with van der Waals surface area (Å²) in [7, 11) is 1.60. The number of nitrogens with one attached hydrogen (secondary N) is 2. The Morgan fingerprint density at radius 3 is 2.89 bits per heavy atom. The van der Waals surface area contributed by atoms with Crippen LogP contribution in [0.5, 0.6) is 5.75 Å². The first-order chi connectivity index (χ1) is 9.28. The number of anilines is 1. The number of urea groups is 1. The second-order valence-electron chi connectivity index (χ2n) is 4.73. The molecule has 4 nitrogen and oxygen atoms in total. The molecule has 1 aromatic rings. The van der Waals surface area contributed by atoms with E-state index in [-0.39, 0.29) is 6.03 Å². The van der Waals surface area contributed by atoms with Crippen LogP contribution in [0.25, 0.3) is 0 Å². The number of benzene rings is 1. The number of rotatable bonds is 4. The fourth-order valence-corrected chi connectivity index (χ4v) is 2.28. The van der Waals surface area contributed by atoms with Crippen LogP contribution in [0.1, 0.15) is 25.7 Å². The SMILES string of the molecule is COc1cccc(NC(=O)N/C=C/C2CCCC2)c1. The first kappa shape index (κ1) is 13.5. The molecule has 0 saturated heterocycles. The van der Waals surface area contributed by atoms with Crippen molar-refractivity contribution in [2.75, 3.05) is 12.4 Å².